The highest BCUT2D eigenvalue weighted by Crippen LogP contribution is 2.35. The van der Waals surface area contributed by atoms with Gasteiger partial charge in [-0.2, -0.15) is 0 Å². The van der Waals surface area contributed by atoms with E-state index in [1.165, 1.54) is 11.3 Å². The average molecular weight is 325 g/mol. The van der Waals surface area contributed by atoms with Crippen molar-refractivity contribution in [3.63, 3.8) is 0 Å². The molecule has 0 spiro atoms. The molecule has 1 N–H and O–H groups in total. The van der Waals surface area contributed by atoms with E-state index in [9.17, 15) is 5.11 Å². The summed E-state index contributed by atoms with van der Waals surface area (Å²) in [5.41, 5.74) is 9.30. The van der Waals surface area contributed by atoms with Gasteiger partial charge >= 0.3 is 0 Å². The standard InChI is InChI=1S/C17H15N3O2S/c18-20-19-11-14(21)17(12-6-2-1-3-7-12)22-16-10-13-8-4-5-9-15(13)23-16/h1-10,14,17,21H,11H2/t14-,17+/m0/s1. The first-order valence-corrected chi connectivity index (χ1v) is 7.98. The van der Waals surface area contributed by atoms with Crippen LogP contribution in [0.15, 0.2) is 65.8 Å². The van der Waals surface area contributed by atoms with Crippen molar-refractivity contribution >= 4 is 21.4 Å². The Morgan fingerprint density at radius 2 is 1.87 bits per heavy atom. The summed E-state index contributed by atoms with van der Waals surface area (Å²) in [6.07, 6.45) is -1.51. The minimum absolute atomic E-state index is 0.0407. The second-order valence-corrected chi connectivity index (χ2v) is 6.08. The number of ether oxygens (including phenoxy) is 1. The third-order valence-electron chi connectivity index (χ3n) is 3.46. The van der Waals surface area contributed by atoms with Crippen LogP contribution >= 0.6 is 11.3 Å². The Hall–Kier alpha value is -2.53. The van der Waals surface area contributed by atoms with Crippen LogP contribution in [0.25, 0.3) is 20.5 Å². The van der Waals surface area contributed by atoms with Crippen molar-refractivity contribution in [1.29, 1.82) is 0 Å². The summed E-state index contributed by atoms with van der Waals surface area (Å²) >= 11 is 1.52. The first kappa shape index (κ1) is 15.4. The van der Waals surface area contributed by atoms with Gasteiger partial charge in [-0.1, -0.05) is 65.0 Å². The molecule has 0 aliphatic rings. The Morgan fingerprint density at radius 1 is 1.13 bits per heavy atom. The predicted octanol–water partition coefficient (Wildman–Crippen LogP) is 4.69. The summed E-state index contributed by atoms with van der Waals surface area (Å²) in [5, 5.41) is 15.6. The van der Waals surface area contributed by atoms with Gasteiger partial charge in [0.2, 0.25) is 0 Å². The minimum atomic E-state index is -0.918. The zero-order valence-electron chi connectivity index (χ0n) is 12.2. The first-order chi connectivity index (χ1) is 11.3. The highest BCUT2D eigenvalue weighted by Gasteiger charge is 2.23. The Bertz CT molecular complexity index is 795. The van der Waals surface area contributed by atoms with Crippen LogP contribution in [0.4, 0.5) is 0 Å². The Labute approximate surface area is 137 Å². The second kappa shape index (κ2) is 7.15. The summed E-state index contributed by atoms with van der Waals surface area (Å²) in [4.78, 5) is 2.71. The molecular formula is C17H15N3O2S. The van der Waals surface area contributed by atoms with Crippen LogP contribution < -0.4 is 4.74 Å². The fourth-order valence-electron chi connectivity index (χ4n) is 2.37. The van der Waals surface area contributed by atoms with Gasteiger partial charge in [-0.15, -0.1) is 0 Å². The van der Waals surface area contributed by atoms with Gasteiger partial charge in [-0.25, -0.2) is 0 Å². The van der Waals surface area contributed by atoms with E-state index >= 15 is 0 Å². The molecule has 0 aliphatic carbocycles. The van der Waals surface area contributed by atoms with Crippen LogP contribution in [-0.2, 0) is 0 Å². The summed E-state index contributed by atoms with van der Waals surface area (Å²) in [5.74, 6) is 0. The molecule has 2 atom stereocenters. The highest BCUT2D eigenvalue weighted by molar-refractivity contribution is 7.20. The number of azide groups is 1. The molecule has 0 bridgehead atoms. The fraction of sp³-hybridized carbons (Fsp3) is 0.176. The quantitative estimate of drug-likeness (QED) is 0.405. The Kier molecular flexibility index (Phi) is 4.78. The highest BCUT2D eigenvalue weighted by atomic mass is 32.1. The van der Waals surface area contributed by atoms with E-state index in [2.05, 4.69) is 10.0 Å². The number of hydrogen-bond donors (Lipinski definition) is 1. The van der Waals surface area contributed by atoms with Gasteiger partial charge in [0.25, 0.3) is 0 Å². The number of benzene rings is 2. The summed E-state index contributed by atoms with van der Waals surface area (Å²) in [7, 11) is 0. The van der Waals surface area contributed by atoms with Gasteiger partial charge in [-0.05, 0) is 28.6 Å². The van der Waals surface area contributed by atoms with Crippen LogP contribution in [0.1, 0.15) is 11.7 Å². The van der Waals surface area contributed by atoms with Crippen LogP contribution in [0, 0.1) is 0 Å². The number of thiophene rings is 1. The SMILES string of the molecule is [N-]=[N+]=NC[C@H](O)[C@H](Oc1cc2ccccc2s1)c1ccccc1. The van der Waals surface area contributed by atoms with Crippen LogP contribution in [0.2, 0.25) is 0 Å². The van der Waals surface area contributed by atoms with E-state index in [1.54, 1.807) is 0 Å². The molecule has 0 amide bonds. The van der Waals surface area contributed by atoms with Gasteiger partial charge < -0.3 is 9.84 Å². The van der Waals surface area contributed by atoms with Crippen molar-refractivity contribution in [1.82, 2.24) is 0 Å². The lowest BCUT2D eigenvalue weighted by Gasteiger charge is -2.22. The lowest BCUT2D eigenvalue weighted by molar-refractivity contribution is 0.0439. The van der Waals surface area contributed by atoms with Crippen LogP contribution in [0.3, 0.4) is 0 Å². The lowest BCUT2D eigenvalue weighted by Crippen LogP contribution is -2.26. The molecule has 23 heavy (non-hydrogen) atoms. The van der Waals surface area contributed by atoms with Gasteiger partial charge in [0, 0.05) is 9.61 Å². The molecule has 1 heterocycles. The molecule has 0 unspecified atom stereocenters. The first-order valence-electron chi connectivity index (χ1n) is 7.17. The Morgan fingerprint density at radius 3 is 2.61 bits per heavy atom. The van der Waals surface area contributed by atoms with E-state index < -0.39 is 12.2 Å². The van der Waals surface area contributed by atoms with E-state index in [1.807, 2.05) is 60.7 Å². The molecule has 1 aromatic heterocycles. The third kappa shape index (κ3) is 3.63. The molecule has 0 radical (unpaired) electrons. The third-order valence-corrected chi connectivity index (χ3v) is 4.46. The number of rotatable bonds is 6. The molecule has 0 fully saturated rings. The smallest absolute Gasteiger partial charge is 0.176 e. The minimum Gasteiger partial charge on any atom is -0.473 e. The maximum Gasteiger partial charge on any atom is 0.176 e. The van der Waals surface area contributed by atoms with Gasteiger partial charge in [0.15, 0.2) is 11.2 Å². The van der Waals surface area contributed by atoms with Gasteiger partial charge in [0.05, 0.1) is 6.54 Å². The van der Waals surface area contributed by atoms with E-state index in [0.717, 1.165) is 20.7 Å². The number of aliphatic hydroxyl groups excluding tert-OH is 1. The number of hydrogen-bond acceptors (Lipinski definition) is 4. The molecule has 0 saturated heterocycles. The van der Waals surface area contributed by atoms with Crippen molar-refractivity contribution in [2.24, 2.45) is 5.11 Å². The zero-order valence-corrected chi connectivity index (χ0v) is 13.1. The van der Waals surface area contributed by atoms with Crippen molar-refractivity contribution in [2.45, 2.75) is 12.2 Å². The topological polar surface area (TPSA) is 78.2 Å². The Balaban J connectivity index is 1.89. The van der Waals surface area contributed by atoms with Gasteiger partial charge in [0.1, 0.15) is 6.10 Å². The zero-order chi connectivity index (χ0) is 16.1. The number of fused-ring (bicyclic) bond motifs is 1. The average Bonchev–Trinajstić information content (AvgIpc) is 3.01. The summed E-state index contributed by atoms with van der Waals surface area (Å²) in [6, 6.07) is 19.4. The normalized spacial score (nSPS) is 13.3. The van der Waals surface area contributed by atoms with Crippen molar-refractivity contribution < 1.29 is 9.84 Å². The molecular weight excluding hydrogens is 310 g/mol. The lowest BCUT2D eigenvalue weighted by atomic mass is 10.0. The summed E-state index contributed by atoms with van der Waals surface area (Å²) < 4.78 is 7.15. The van der Waals surface area contributed by atoms with E-state index in [0.29, 0.717) is 0 Å². The van der Waals surface area contributed by atoms with Crippen LogP contribution in [-0.4, -0.2) is 17.8 Å². The maximum atomic E-state index is 10.3. The van der Waals surface area contributed by atoms with Crippen LogP contribution in [0.5, 0.6) is 5.06 Å². The molecule has 5 nitrogen and oxygen atoms in total. The number of nitrogens with zero attached hydrogens (tertiary/aromatic N) is 3. The molecule has 3 rings (SSSR count). The van der Waals surface area contributed by atoms with Crippen molar-refractivity contribution in [3.8, 4) is 5.06 Å². The van der Waals surface area contributed by atoms with Crippen molar-refractivity contribution in [2.75, 3.05) is 6.54 Å². The van der Waals surface area contributed by atoms with Crippen molar-refractivity contribution in [3.05, 3.63) is 76.7 Å². The van der Waals surface area contributed by atoms with E-state index in [4.69, 9.17) is 10.3 Å². The van der Waals surface area contributed by atoms with Gasteiger partial charge in [-0.3, -0.25) is 0 Å². The molecule has 2 aromatic carbocycles. The molecule has 3 aromatic rings. The molecule has 0 saturated carbocycles. The predicted molar refractivity (Wildman–Crippen MR) is 91.7 cm³/mol. The monoisotopic (exact) mass is 325 g/mol. The fourth-order valence-corrected chi connectivity index (χ4v) is 3.31. The largest absolute Gasteiger partial charge is 0.473 e. The number of aliphatic hydroxyl groups is 1. The van der Waals surface area contributed by atoms with E-state index in [-0.39, 0.29) is 6.54 Å². The maximum absolute atomic E-state index is 10.3. The summed E-state index contributed by atoms with van der Waals surface area (Å²) in [6.45, 7) is -0.0407. The second-order valence-electron chi connectivity index (χ2n) is 5.03. The molecule has 116 valence electrons. The molecule has 6 heteroatoms. The molecule has 0 aliphatic heterocycles.